The molecule has 0 saturated carbocycles. The molecule has 0 saturated heterocycles. The van der Waals surface area contributed by atoms with Crippen LogP contribution in [-0.2, 0) is 9.47 Å². The van der Waals surface area contributed by atoms with E-state index in [1.807, 2.05) is 18.2 Å². The van der Waals surface area contributed by atoms with Gasteiger partial charge in [0.05, 0.1) is 6.61 Å². The third-order valence-electron chi connectivity index (χ3n) is 3.12. The maximum Gasteiger partial charge on any atom is 0.0587 e. The standard InChI is InChI=1S/C15H24ClNO2/c1-18-10-5-6-13(12-17-9-11-19-2)14-7-3-4-8-15(14)16/h3-4,7-8,13,17H,5-6,9-12H2,1-2H3. The van der Waals surface area contributed by atoms with Crippen molar-refractivity contribution in [2.45, 2.75) is 18.8 Å². The summed E-state index contributed by atoms with van der Waals surface area (Å²) in [5.74, 6) is 0.417. The van der Waals surface area contributed by atoms with Crippen molar-refractivity contribution in [1.82, 2.24) is 5.32 Å². The fraction of sp³-hybridized carbons (Fsp3) is 0.600. The van der Waals surface area contributed by atoms with Gasteiger partial charge in [0.1, 0.15) is 0 Å². The maximum absolute atomic E-state index is 6.29. The molecule has 1 unspecified atom stereocenters. The van der Waals surface area contributed by atoms with Crippen molar-refractivity contribution < 1.29 is 9.47 Å². The first kappa shape index (κ1) is 16.4. The van der Waals surface area contributed by atoms with Gasteiger partial charge in [-0.1, -0.05) is 29.8 Å². The smallest absolute Gasteiger partial charge is 0.0587 e. The fourth-order valence-electron chi connectivity index (χ4n) is 2.10. The molecule has 0 fully saturated rings. The lowest BCUT2D eigenvalue weighted by atomic mass is 9.94. The number of hydrogen-bond acceptors (Lipinski definition) is 3. The van der Waals surface area contributed by atoms with Crippen LogP contribution in [0, 0.1) is 0 Å². The van der Waals surface area contributed by atoms with Gasteiger partial charge in [0, 0.05) is 38.9 Å². The Kier molecular flexibility index (Phi) is 8.84. The second-order valence-electron chi connectivity index (χ2n) is 4.55. The van der Waals surface area contributed by atoms with Crippen molar-refractivity contribution in [3.05, 3.63) is 34.9 Å². The molecule has 1 rings (SSSR count). The molecule has 0 heterocycles. The zero-order valence-electron chi connectivity index (χ0n) is 11.8. The van der Waals surface area contributed by atoms with Gasteiger partial charge in [-0.25, -0.2) is 0 Å². The molecule has 0 aromatic heterocycles. The Bertz CT molecular complexity index is 347. The number of nitrogens with one attached hydrogen (secondary N) is 1. The quantitative estimate of drug-likeness (QED) is 0.670. The summed E-state index contributed by atoms with van der Waals surface area (Å²) in [7, 11) is 3.45. The van der Waals surface area contributed by atoms with Crippen molar-refractivity contribution in [2.24, 2.45) is 0 Å². The largest absolute Gasteiger partial charge is 0.385 e. The molecule has 19 heavy (non-hydrogen) atoms. The van der Waals surface area contributed by atoms with Crippen LogP contribution in [0.5, 0.6) is 0 Å². The number of ether oxygens (including phenoxy) is 2. The minimum atomic E-state index is 0.417. The second kappa shape index (κ2) is 10.2. The minimum absolute atomic E-state index is 0.417. The monoisotopic (exact) mass is 285 g/mol. The molecule has 1 aromatic carbocycles. The summed E-state index contributed by atoms with van der Waals surface area (Å²) in [6.45, 7) is 3.30. The van der Waals surface area contributed by atoms with Gasteiger partial charge in [-0.05, 0) is 30.4 Å². The summed E-state index contributed by atoms with van der Waals surface area (Å²) >= 11 is 6.29. The topological polar surface area (TPSA) is 30.5 Å². The molecule has 0 radical (unpaired) electrons. The highest BCUT2D eigenvalue weighted by atomic mass is 35.5. The average Bonchev–Trinajstić information content (AvgIpc) is 2.42. The van der Waals surface area contributed by atoms with Gasteiger partial charge < -0.3 is 14.8 Å². The van der Waals surface area contributed by atoms with E-state index in [-0.39, 0.29) is 0 Å². The third kappa shape index (κ3) is 6.39. The summed E-state index contributed by atoms with van der Waals surface area (Å²) in [5, 5.41) is 4.26. The van der Waals surface area contributed by atoms with E-state index in [1.54, 1.807) is 14.2 Å². The van der Waals surface area contributed by atoms with E-state index in [1.165, 1.54) is 5.56 Å². The number of methoxy groups -OCH3 is 2. The lowest BCUT2D eigenvalue weighted by Crippen LogP contribution is -2.25. The van der Waals surface area contributed by atoms with Crippen LogP contribution in [0.4, 0.5) is 0 Å². The molecule has 1 N–H and O–H groups in total. The summed E-state index contributed by atoms with van der Waals surface area (Å²) in [4.78, 5) is 0. The molecule has 3 nitrogen and oxygen atoms in total. The van der Waals surface area contributed by atoms with Crippen LogP contribution < -0.4 is 5.32 Å². The van der Waals surface area contributed by atoms with Gasteiger partial charge in [0.2, 0.25) is 0 Å². The summed E-state index contributed by atoms with van der Waals surface area (Å²) in [6.07, 6.45) is 2.11. The Labute approximate surface area is 121 Å². The number of benzene rings is 1. The van der Waals surface area contributed by atoms with Crippen LogP contribution in [0.25, 0.3) is 0 Å². The first-order valence-corrected chi connectivity index (χ1v) is 7.10. The van der Waals surface area contributed by atoms with Gasteiger partial charge in [-0.15, -0.1) is 0 Å². The normalized spacial score (nSPS) is 12.6. The molecule has 108 valence electrons. The first-order valence-electron chi connectivity index (χ1n) is 6.72. The minimum Gasteiger partial charge on any atom is -0.385 e. The highest BCUT2D eigenvalue weighted by molar-refractivity contribution is 6.31. The number of halogens is 1. The average molecular weight is 286 g/mol. The number of hydrogen-bond donors (Lipinski definition) is 1. The molecular formula is C15H24ClNO2. The second-order valence-corrected chi connectivity index (χ2v) is 4.96. The van der Waals surface area contributed by atoms with Gasteiger partial charge in [-0.2, -0.15) is 0 Å². The highest BCUT2D eigenvalue weighted by Gasteiger charge is 2.13. The molecule has 1 atom stereocenters. The maximum atomic E-state index is 6.29. The van der Waals surface area contributed by atoms with Crippen molar-refractivity contribution in [2.75, 3.05) is 40.5 Å². The van der Waals surface area contributed by atoms with Crippen LogP contribution >= 0.6 is 11.6 Å². The van der Waals surface area contributed by atoms with Crippen molar-refractivity contribution in [1.29, 1.82) is 0 Å². The van der Waals surface area contributed by atoms with Gasteiger partial charge in [0.15, 0.2) is 0 Å². The van der Waals surface area contributed by atoms with E-state index in [9.17, 15) is 0 Å². The molecule has 0 aliphatic heterocycles. The predicted octanol–water partition coefficient (Wildman–Crippen LogP) is 3.09. The van der Waals surface area contributed by atoms with E-state index in [2.05, 4.69) is 11.4 Å². The van der Waals surface area contributed by atoms with Gasteiger partial charge >= 0.3 is 0 Å². The van der Waals surface area contributed by atoms with E-state index < -0.39 is 0 Å². The Morgan fingerprint density at radius 3 is 2.58 bits per heavy atom. The Morgan fingerprint density at radius 1 is 1.16 bits per heavy atom. The summed E-state index contributed by atoms with van der Waals surface area (Å²) < 4.78 is 10.2. The lowest BCUT2D eigenvalue weighted by molar-refractivity contribution is 0.188. The first-order chi connectivity index (χ1) is 9.29. The summed E-state index contributed by atoms with van der Waals surface area (Å²) in [6, 6.07) is 8.07. The highest BCUT2D eigenvalue weighted by Crippen LogP contribution is 2.27. The van der Waals surface area contributed by atoms with Crippen molar-refractivity contribution >= 4 is 11.6 Å². The van der Waals surface area contributed by atoms with Gasteiger partial charge in [0.25, 0.3) is 0 Å². The zero-order valence-corrected chi connectivity index (χ0v) is 12.6. The molecule has 1 aromatic rings. The van der Waals surface area contributed by atoms with E-state index in [4.69, 9.17) is 21.1 Å². The molecule has 0 aliphatic carbocycles. The molecule has 4 heteroatoms. The third-order valence-corrected chi connectivity index (χ3v) is 3.46. The van der Waals surface area contributed by atoms with Crippen LogP contribution in [0.1, 0.15) is 24.3 Å². The molecular weight excluding hydrogens is 262 g/mol. The van der Waals surface area contributed by atoms with Gasteiger partial charge in [-0.3, -0.25) is 0 Å². The van der Waals surface area contributed by atoms with Crippen LogP contribution in [0.3, 0.4) is 0 Å². The van der Waals surface area contributed by atoms with Crippen molar-refractivity contribution in [3.8, 4) is 0 Å². The Morgan fingerprint density at radius 2 is 1.89 bits per heavy atom. The van der Waals surface area contributed by atoms with Crippen LogP contribution in [-0.4, -0.2) is 40.5 Å². The predicted molar refractivity (Wildman–Crippen MR) is 80.0 cm³/mol. The zero-order chi connectivity index (χ0) is 13.9. The van der Waals surface area contributed by atoms with Crippen LogP contribution in [0.15, 0.2) is 24.3 Å². The molecule has 0 amide bonds. The SMILES string of the molecule is COCCCC(CNCCOC)c1ccccc1Cl. The Balaban J connectivity index is 2.55. The fourth-order valence-corrected chi connectivity index (χ4v) is 2.39. The molecule has 0 spiro atoms. The molecule has 0 bridgehead atoms. The number of rotatable bonds is 10. The molecule has 0 aliphatic rings. The van der Waals surface area contributed by atoms with E-state index >= 15 is 0 Å². The van der Waals surface area contributed by atoms with Crippen molar-refractivity contribution in [3.63, 3.8) is 0 Å². The van der Waals surface area contributed by atoms with E-state index in [0.29, 0.717) is 5.92 Å². The lowest BCUT2D eigenvalue weighted by Gasteiger charge is -2.19. The van der Waals surface area contributed by atoms with E-state index in [0.717, 1.165) is 44.2 Å². The Hall–Kier alpha value is -0.610. The van der Waals surface area contributed by atoms with Crippen LogP contribution in [0.2, 0.25) is 5.02 Å². The summed E-state index contributed by atoms with van der Waals surface area (Å²) in [5.41, 5.74) is 1.21.